The van der Waals surface area contributed by atoms with Crippen LogP contribution in [0.2, 0.25) is 0 Å². The van der Waals surface area contributed by atoms with Crippen LogP contribution in [0.3, 0.4) is 0 Å². The van der Waals surface area contributed by atoms with Gasteiger partial charge in [-0.15, -0.1) is 0 Å². The van der Waals surface area contributed by atoms with E-state index in [0.29, 0.717) is 22.3 Å². The highest BCUT2D eigenvalue weighted by molar-refractivity contribution is 5.71. The Hall–Kier alpha value is -9.88. The van der Waals surface area contributed by atoms with E-state index in [4.69, 9.17) is 71.1 Å². The molecule has 0 spiro atoms. The zero-order chi connectivity index (χ0) is 68.5. The molecule has 31 nitrogen and oxygen atoms in total. The maximum absolute atomic E-state index is 14.1. The molecule has 16 atom stereocenters. The zero-order valence-electron chi connectivity index (χ0n) is 52.9. The number of carbonyl (C=O) groups is 9. The standard InChI is InChI=1S/C65H75N7O24/c1-37(73)82-36-51-56(95-60-52(71-65(81)86-35-45-24-16-9-17-25-45)57(89-40(4)76)55(88-39(3)75)50(92-60)31-67-62(78)83-32-42-18-10-6-11-19-42)58(90-41(5)77)61(93-51)96-54-49(87-38(2)74)29-28-47(69-63(79)84-33-43-20-12-7-13-21-43)53(54)94-59-48(27-26-46(91-59)30-68-72-66)70-64(80)85-34-44-22-14-8-15-23-44/h6-27,46-61H,28-36H2,1-5H3,(H,67,78)(H,69,79)(H,70,80)(H,71,81)/t46-,47-,48+,49-,50-,51+,52+,53+,54+,55+,56+,57+,58+,59+,60+,61-/m0/s1. The molecule has 4 N–H and O–H groups in total. The molecule has 0 radical (unpaired) electrons. The van der Waals surface area contributed by atoms with Gasteiger partial charge >= 0.3 is 54.2 Å². The zero-order valence-corrected chi connectivity index (χ0v) is 52.9. The molecule has 3 heterocycles. The highest BCUT2D eigenvalue weighted by Crippen LogP contribution is 2.38. The first kappa shape index (κ1) is 72.0. The Morgan fingerprint density at radius 3 is 1.45 bits per heavy atom. The lowest BCUT2D eigenvalue weighted by Gasteiger charge is -2.46. The number of amides is 4. The van der Waals surface area contributed by atoms with Crippen LogP contribution in [0, 0.1) is 0 Å². The Bertz CT molecular complexity index is 3330. The molecule has 4 amide bonds. The van der Waals surface area contributed by atoms with E-state index >= 15 is 0 Å². The van der Waals surface area contributed by atoms with Crippen molar-refractivity contribution in [2.45, 2.75) is 172 Å². The molecule has 4 aliphatic rings. The van der Waals surface area contributed by atoms with E-state index in [1.165, 1.54) is 12.2 Å². The van der Waals surface area contributed by atoms with Gasteiger partial charge in [0.1, 0.15) is 81.7 Å². The molecule has 8 rings (SSSR count). The number of hydrogen-bond donors (Lipinski definition) is 4. The van der Waals surface area contributed by atoms with Gasteiger partial charge in [-0.05, 0) is 40.6 Å². The quantitative estimate of drug-likeness (QED) is 0.0131. The summed E-state index contributed by atoms with van der Waals surface area (Å²) in [4.78, 5) is 123. The normalized spacial score (nSPS) is 26.5. The number of azide groups is 1. The average molecular weight is 1340 g/mol. The number of nitrogens with zero attached hydrogens (tertiary/aromatic N) is 3. The predicted molar refractivity (Wildman–Crippen MR) is 327 cm³/mol. The topological polar surface area (TPSA) is 389 Å². The molecule has 1 aliphatic carbocycles. The summed E-state index contributed by atoms with van der Waals surface area (Å²) in [6, 6.07) is 30.6. The molecule has 3 fully saturated rings. The van der Waals surface area contributed by atoms with Crippen LogP contribution in [-0.2, 0) is 121 Å². The van der Waals surface area contributed by atoms with Gasteiger partial charge in [0.25, 0.3) is 0 Å². The van der Waals surface area contributed by atoms with E-state index in [1.54, 1.807) is 121 Å². The highest BCUT2D eigenvalue weighted by atomic mass is 16.8. The second kappa shape index (κ2) is 36.1. The Balaban J connectivity index is 1.17. The lowest BCUT2D eigenvalue weighted by Crippen LogP contribution is -2.68. The van der Waals surface area contributed by atoms with Gasteiger partial charge in [0.05, 0.1) is 25.2 Å². The average Bonchev–Trinajstić information content (AvgIpc) is 1.40. The van der Waals surface area contributed by atoms with Gasteiger partial charge in [0.15, 0.2) is 37.2 Å². The minimum Gasteiger partial charge on any atom is -0.463 e. The smallest absolute Gasteiger partial charge is 0.408 e. The fraction of sp³-hybridized carbons (Fsp3) is 0.462. The molecule has 0 bridgehead atoms. The Morgan fingerprint density at radius 1 is 0.458 bits per heavy atom. The van der Waals surface area contributed by atoms with Crippen LogP contribution in [-0.4, -0.2) is 172 Å². The van der Waals surface area contributed by atoms with Crippen LogP contribution in [0.4, 0.5) is 19.2 Å². The van der Waals surface area contributed by atoms with Gasteiger partial charge in [-0.3, -0.25) is 24.0 Å². The van der Waals surface area contributed by atoms with E-state index in [2.05, 4.69) is 31.3 Å². The Morgan fingerprint density at radius 2 is 0.927 bits per heavy atom. The van der Waals surface area contributed by atoms with Crippen molar-refractivity contribution in [3.05, 3.63) is 166 Å². The third kappa shape index (κ3) is 22.1. The number of hydrogen-bond acceptors (Lipinski definition) is 25. The van der Waals surface area contributed by atoms with Crippen LogP contribution in [0.1, 0.15) is 69.7 Å². The molecule has 96 heavy (non-hydrogen) atoms. The lowest BCUT2D eigenvalue weighted by molar-refractivity contribution is -0.291. The summed E-state index contributed by atoms with van der Waals surface area (Å²) in [7, 11) is 0. The number of alkyl carbamates (subject to hydrolysis) is 4. The molecule has 4 aromatic carbocycles. The molecule has 3 aliphatic heterocycles. The van der Waals surface area contributed by atoms with Crippen molar-refractivity contribution in [3.63, 3.8) is 0 Å². The first-order valence-corrected chi connectivity index (χ1v) is 30.6. The van der Waals surface area contributed by atoms with Crippen molar-refractivity contribution in [2.75, 3.05) is 19.7 Å². The number of carbonyl (C=O) groups excluding carboxylic acids is 9. The highest BCUT2D eigenvalue weighted by Gasteiger charge is 2.58. The molecular weight excluding hydrogens is 1260 g/mol. The molecule has 0 aromatic heterocycles. The van der Waals surface area contributed by atoms with Crippen LogP contribution in [0.5, 0.6) is 0 Å². The van der Waals surface area contributed by atoms with E-state index in [0.717, 1.165) is 34.6 Å². The van der Waals surface area contributed by atoms with E-state index in [-0.39, 0.29) is 45.8 Å². The van der Waals surface area contributed by atoms with E-state index in [9.17, 15) is 48.7 Å². The minimum atomic E-state index is -1.95. The predicted octanol–water partition coefficient (Wildman–Crippen LogP) is 6.08. The monoisotopic (exact) mass is 1340 g/mol. The molecule has 31 heteroatoms. The summed E-state index contributed by atoms with van der Waals surface area (Å²) in [6.45, 7) is 3.04. The molecule has 514 valence electrons. The van der Waals surface area contributed by atoms with Crippen molar-refractivity contribution in [1.82, 2.24) is 21.3 Å². The summed E-state index contributed by atoms with van der Waals surface area (Å²) in [5.74, 6) is -4.52. The van der Waals surface area contributed by atoms with Gasteiger partial charge in [-0.2, -0.15) is 0 Å². The number of nitrogens with one attached hydrogen (secondary N) is 4. The largest absolute Gasteiger partial charge is 0.463 e. The third-order valence-electron chi connectivity index (χ3n) is 14.9. The summed E-state index contributed by atoms with van der Waals surface area (Å²) in [5, 5.41) is 14.3. The minimum absolute atomic E-state index is 0.0235. The molecular formula is C65H75N7O24. The fourth-order valence-electron chi connectivity index (χ4n) is 10.8. The number of ether oxygens (including phenoxy) is 15. The first-order chi connectivity index (χ1) is 46.3. The van der Waals surface area contributed by atoms with Crippen molar-refractivity contribution in [1.29, 1.82) is 0 Å². The number of rotatable bonds is 27. The molecule has 4 aromatic rings. The lowest BCUT2D eigenvalue weighted by atomic mass is 9.87. The van der Waals surface area contributed by atoms with E-state index < -0.39 is 165 Å². The first-order valence-electron chi connectivity index (χ1n) is 30.6. The van der Waals surface area contributed by atoms with Crippen LogP contribution in [0.15, 0.2) is 139 Å². The SMILES string of the molecule is CC(=O)OC[C@H]1O[C@@H](O[C@H]2[C@H](O[C@H]3O[C@H](CN=[N+]=[N-])C=C[C@H]3NC(=O)OCc3ccccc3)[C@@H](NC(=O)OCc3ccccc3)CC[C@@H]2OC(C)=O)[C@H](OC(C)=O)[C@@H]1O[C@H]1O[C@@H](CNC(=O)OCc2ccccc2)[C@@H](OC(C)=O)[C@H](OC(C)=O)[C@H]1NC(=O)OCc1ccccc1. The van der Waals surface area contributed by atoms with Gasteiger partial charge in [0.2, 0.25) is 0 Å². The van der Waals surface area contributed by atoms with Gasteiger partial charge in [-0.25, -0.2) is 19.2 Å². The second-order valence-corrected chi connectivity index (χ2v) is 22.2. The summed E-state index contributed by atoms with van der Waals surface area (Å²) in [5.41, 5.74) is 11.8. The van der Waals surface area contributed by atoms with Crippen LogP contribution < -0.4 is 21.3 Å². The van der Waals surface area contributed by atoms with Crippen molar-refractivity contribution < 1.29 is 114 Å². The Labute approximate surface area is 550 Å². The molecule has 0 unspecified atom stereocenters. The van der Waals surface area contributed by atoms with Crippen molar-refractivity contribution in [3.8, 4) is 0 Å². The molecule has 2 saturated heterocycles. The van der Waals surface area contributed by atoms with Gasteiger partial charge in [0, 0.05) is 39.5 Å². The van der Waals surface area contributed by atoms with Crippen molar-refractivity contribution in [2.24, 2.45) is 5.11 Å². The number of benzene rings is 4. The maximum Gasteiger partial charge on any atom is 0.408 e. The fourth-order valence-corrected chi connectivity index (χ4v) is 10.8. The summed E-state index contributed by atoms with van der Waals surface area (Å²) < 4.78 is 91.3. The summed E-state index contributed by atoms with van der Waals surface area (Å²) >= 11 is 0. The molecule has 1 saturated carbocycles. The van der Waals surface area contributed by atoms with Crippen LogP contribution >= 0.6 is 0 Å². The van der Waals surface area contributed by atoms with Crippen molar-refractivity contribution >= 4 is 54.2 Å². The van der Waals surface area contributed by atoms with Gasteiger partial charge < -0.3 is 92.3 Å². The second-order valence-electron chi connectivity index (χ2n) is 22.2. The van der Waals surface area contributed by atoms with Crippen LogP contribution in [0.25, 0.3) is 10.4 Å². The third-order valence-corrected chi connectivity index (χ3v) is 14.9. The summed E-state index contributed by atoms with van der Waals surface area (Å²) in [6.07, 6.45) is -22.1. The van der Waals surface area contributed by atoms with Gasteiger partial charge in [-0.1, -0.05) is 139 Å². The number of esters is 5. The van der Waals surface area contributed by atoms with E-state index in [1.807, 2.05) is 0 Å². The Kier molecular flexibility index (Phi) is 27.1. The maximum atomic E-state index is 14.1.